The van der Waals surface area contributed by atoms with E-state index in [0.29, 0.717) is 6.42 Å². The number of ether oxygens (including phenoxy) is 1. The maximum Gasteiger partial charge on any atom is 0.408 e. The van der Waals surface area contributed by atoms with Gasteiger partial charge in [-0.3, -0.25) is 0 Å². The van der Waals surface area contributed by atoms with Crippen LogP contribution in [0.2, 0.25) is 0 Å². The minimum Gasteiger partial charge on any atom is -0.475 e. The van der Waals surface area contributed by atoms with Gasteiger partial charge < -0.3 is 19.7 Å². The Bertz CT molecular complexity index is 684. The molecule has 1 heterocycles. The highest BCUT2D eigenvalue weighted by Crippen LogP contribution is 2.20. The van der Waals surface area contributed by atoms with Crippen LogP contribution in [0.4, 0.5) is 4.79 Å². The van der Waals surface area contributed by atoms with E-state index in [4.69, 9.17) is 14.4 Å². The summed E-state index contributed by atoms with van der Waals surface area (Å²) in [6.07, 6.45) is -0.138. The van der Waals surface area contributed by atoms with E-state index in [1.807, 2.05) is 44.2 Å². The molecule has 0 radical (unpaired) electrons. The van der Waals surface area contributed by atoms with Gasteiger partial charge in [0.05, 0.1) is 0 Å². The van der Waals surface area contributed by atoms with Crippen molar-refractivity contribution in [3.05, 3.63) is 47.6 Å². The fourth-order valence-corrected chi connectivity index (χ4v) is 2.06. The van der Waals surface area contributed by atoms with Crippen LogP contribution in [0.5, 0.6) is 0 Å². The van der Waals surface area contributed by atoms with Crippen LogP contribution in [0, 0.1) is 5.92 Å². The number of amides is 1. The molecule has 24 heavy (non-hydrogen) atoms. The van der Waals surface area contributed by atoms with Crippen LogP contribution < -0.4 is 5.32 Å². The standard InChI is InChI=1S/C16H19N3O5/c1-10(2)8-12(14-18-13(15(20)21)19-24-14)17-16(22)23-9-11-6-4-3-5-7-11/h3-7,10,12H,8-9H2,1-2H3,(H,17,22)(H,20,21). The zero-order valence-corrected chi connectivity index (χ0v) is 13.4. The molecule has 2 aromatic rings. The number of nitrogens with one attached hydrogen (secondary N) is 1. The van der Waals surface area contributed by atoms with Crippen LogP contribution in [0.25, 0.3) is 0 Å². The third kappa shape index (κ3) is 5.08. The summed E-state index contributed by atoms with van der Waals surface area (Å²) in [5.41, 5.74) is 0.860. The Labute approximate surface area is 138 Å². The number of nitrogens with zero attached hydrogens (tertiary/aromatic N) is 2. The zero-order valence-electron chi connectivity index (χ0n) is 13.4. The third-order valence-electron chi connectivity index (χ3n) is 3.14. The van der Waals surface area contributed by atoms with Gasteiger partial charge in [0.1, 0.15) is 12.6 Å². The smallest absolute Gasteiger partial charge is 0.408 e. The van der Waals surface area contributed by atoms with E-state index in [0.717, 1.165) is 5.56 Å². The molecule has 128 valence electrons. The Kier molecular flexibility index (Phi) is 5.89. The number of aromatic nitrogens is 2. The molecule has 1 amide bonds. The van der Waals surface area contributed by atoms with Crippen LogP contribution in [-0.4, -0.2) is 27.3 Å². The van der Waals surface area contributed by atoms with Crippen molar-refractivity contribution in [1.82, 2.24) is 15.5 Å². The Hall–Kier alpha value is -2.90. The van der Waals surface area contributed by atoms with Gasteiger partial charge in [-0.25, -0.2) is 9.59 Å². The van der Waals surface area contributed by atoms with Crippen LogP contribution in [-0.2, 0) is 11.3 Å². The molecule has 0 aliphatic carbocycles. The van der Waals surface area contributed by atoms with Gasteiger partial charge in [0.15, 0.2) is 0 Å². The van der Waals surface area contributed by atoms with Crippen molar-refractivity contribution in [1.29, 1.82) is 0 Å². The fraction of sp³-hybridized carbons (Fsp3) is 0.375. The molecule has 0 bridgehead atoms. The van der Waals surface area contributed by atoms with Crippen LogP contribution in [0.15, 0.2) is 34.9 Å². The Balaban J connectivity index is 1.99. The number of rotatable bonds is 7. The number of hydrogen-bond donors (Lipinski definition) is 2. The van der Waals surface area contributed by atoms with Crippen LogP contribution in [0.1, 0.15) is 48.4 Å². The van der Waals surface area contributed by atoms with Gasteiger partial charge in [0, 0.05) is 0 Å². The molecule has 0 aliphatic rings. The average Bonchev–Trinajstić information content (AvgIpc) is 3.03. The molecule has 2 N–H and O–H groups in total. The molecule has 1 atom stereocenters. The van der Waals surface area contributed by atoms with E-state index in [-0.39, 0.29) is 18.4 Å². The summed E-state index contributed by atoms with van der Waals surface area (Å²) in [7, 11) is 0. The first-order valence-electron chi connectivity index (χ1n) is 7.49. The van der Waals surface area contributed by atoms with Gasteiger partial charge in [0.2, 0.25) is 5.89 Å². The van der Waals surface area contributed by atoms with Gasteiger partial charge in [-0.1, -0.05) is 44.2 Å². The van der Waals surface area contributed by atoms with Gasteiger partial charge in [-0.2, -0.15) is 4.98 Å². The van der Waals surface area contributed by atoms with Crippen molar-refractivity contribution < 1.29 is 24.0 Å². The molecular weight excluding hydrogens is 314 g/mol. The van der Waals surface area contributed by atoms with Gasteiger partial charge >= 0.3 is 12.1 Å². The number of alkyl carbamates (subject to hydrolysis) is 1. The molecule has 1 aromatic carbocycles. The first kappa shape index (κ1) is 17.5. The van der Waals surface area contributed by atoms with Crippen molar-refractivity contribution in [2.75, 3.05) is 0 Å². The maximum absolute atomic E-state index is 12.0. The summed E-state index contributed by atoms with van der Waals surface area (Å²) in [6.45, 7) is 4.04. The summed E-state index contributed by atoms with van der Waals surface area (Å²) in [5.74, 6) is -1.49. The normalized spacial score (nSPS) is 12.0. The van der Waals surface area contributed by atoms with E-state index in [2.05, 4.69) is 15.5 Å². The van der Waals surface area contributed by atoms with E-state index >= 15 is 0 Å². The maximum atomic E-state index is 12.0. The predicted molar refractivity (Wildman–Crippen MR) is 83.2 cm³/mol. The molecule has 0 saturated carbocycles. The third-order valence-corrected chi connectivity index (χ3v) is 3.14. The molecule has 0 saturated heterocycles. The molecule has 0 spiro atoms. The monoisotopic (exact) mass is 333 g/mol. The van der Waals surface area contributed by atoms with E-state index in [1.54, 1.807) is 0 Å². The first-order chi connectivity index (χ1) is 11.5. The van der Waals surface area contributed by atoms with Crippen LogP contribution >= 0.6 is 0 Å². The second kappa shape index (κ2) is 8.09. The van der Waals surface area contributed by atoms with Crippen molar-refractivity contribution >= 4 is 12.1 Å². The molecule has 8 heteroatoms. The Morgan fingerprint density at radius 3 is 2.58 bits per heavy atom. The summed E-state index contributed by atoms with van der Waals surface area (Å²) >= 11 is 0. The molecule has 2 rings (SSSR count). The van der Waals surface area contributed by atoms with Crippen molar-refractivity contribution in [2.24, 2.45) is 5.92 Å². The summed E-state index contributed by atoms with van der Waals surface area (Å²) < 4.78 is 10.1. The summed E-state index contributed by atoms with van der Waals surface area (Å²) in [5, 5.41) is 14.9. The lowest BCUT2D eigenvalue weighted by molar-refractivity contribution is 0.0680. The molecule has 8 nitrogen and oxygen atoms in total. The number of benzene rings is 1. The molecule has 0 aliphatic heterocycles. The topological polar surface area (TPSA) is 115 Å². The highest BCUT2D eigenvalue weighted by molar-refractivity contribution is 5.82. The average molecular weight is 333 g/mol. The van der Waals surface area contributed by atoms with E-state index < -0.39 is 23.9 Å². The van der Waals surface area contributed by atoms with Crippen molar-refractivity contribution in [3.63, 3.8) is 0 Å². The zero-order chi connectivity index (χ0) is 17.5. The summed E-state index contributed by atoms with van der Waals surface area (Å²) in [4.78, 5) is 26.6. The van der Waals surface area contributed by atoms with Crippen molar-refractivity contribution in [2.45, 2.75) is 32.9 Å². The number of carbonyl (C=O) groups is 2. The SMILES string of the molecule is CC(C)CC(NC(=O)OCc1ccccc1)c1nc(C(=O)O)no1. The predicted octanol–water partition coefficient (Wildman–Crippen LogP) is 2.78. The number of carboxylic acids is 1. The first-order valence-corrected chi connectivity index (χ1v) is 7.49. The molecule has 1 unspecified atom stereocenters. The minimum atomic E-state index is -1.29. The van der Waals surface area contributed by atoms with Crippen molar-refractivity contribution in [3.8, 4) is 0 Å². The lowest BCUT2D eigenvalue weighted by Gasteiger charge is -2.16. The van der Waals surface area contributed by atoms with E-state index in [9.17, 15) is 9.59 Å². The van der Waals surface area contributed by atoms with Gasteiger partial charge in [-0.15, -0.1) is 0 Å². The highest BCUT2D eigenvalue weighted by Gasteiger charge is 2.24. The quantitative estimate of drug-likeness (QED) is 0.800. The second-order valence-electron chi connectivity index (χ2n) is 5.65. The summed E-state index contributed by atoms with van der Waals surface area (Å²) in [6, 6.07) is 8.65. The number of carbonyl (C=O) groups excluding carboxylic acids is 1. The second-order valence-corrected chi connectivity index (χ2v) is 5.65. The molecule has 0 fully saturated rings. The minimum absolute atomic E-state index is 0.0396. The largest absolute Gasteiger partial charge is 0.475 e. The fourth-order valence-electron chi connectivity index (χ4n) is 2.06. The lowest BCUT2D eigenvalue weighted by Crippen LogP contribution is -2.30. The number of carboxylic acid groups (broad SMARTS) is 1. The molecule has 1 aromatic heterocycles. The Morgan fingerprint density at radius 2 is 2.00 bits per heavy atom. The number of hydrogen-bond acceptors (Lipinski definition) is 6. The Morgan fingerprint density at radius 1 is 1.29 bits per heavy atom. The van der Waals surface area contributed by atoms with Gasteiger partial charge in [0.25, 0.3) is 5.82 Å². The van der Waals surface area contributed by atoms with E-state index in [1.165, 1.54) is 0 Å². The van der Waals surface area contributed by atoms with Gasteiger partial charge in [-0.05, 0) is 23.1 Å². The highest BCUT2D eigenvalue weighted by atomic mass is 16.5. The van der Waals surface area contributed by atoms with Crippen LogP contribution in [0.3, 0.4) is 0 Å². The number of aromatic carboxylic acids is 1. The lowest BCUT2D eigenvalue weighted by atomic mass is 10.0. The molecular formula is C16H19N3O5.